The molecule has 0 saturated carbocycles. The van der Waals surface area contributed by atoms with Crippen LogP contribution in [0.3, 0.4) is 0 Å². The summed E-state index contributed by atoms with van der Waals surface area (Å²) in [6.45, 7) is 0.798. The molecular formula is C24H23ClFN3O4S. The Kier molecular flexibility index (Phi) is 8.03. The van der Waals surface area contributed by atoms with Gasteiger partial charge in [-0.25, -0.2) is 12.8 Å². The van der Waals surface area contributed by atoms with E-state index < -0.39 is 40.7 Å². The van der Waals surface area contributed by atoms with Crippen molar-refractivity contribution in [2.45, 2.75) is 24.8 Å². The normalized spacial score (nSPS) is 11.4. The monoisotopic (exact) mass is 503 g/mol. The van der Waals surface area contributed by atoms with Gasteiger partial charge in [0.25, 0.3) is 0 Å². The summed E-state index contributed by atoms with van der Waals surface area (Å²) in [4.78, 5) is 23.8. The van der Waals surface area contributed by atoms with Crippen molar-refractivity contribution in [1.82, 2.24) is 4.31 Å². The fourth-order valence-corrected chi connectivity index (χ4v) is 4.80. The smallest absolute Gasteiger partial charge is 0.243 e. The number of primary amides is 1. The first-order chi connectivity index (χ1) is 16.1. The van der Waals surface area contributed by atoms with Crippen LogP contribution in [0, 0.1) is 12.7 Å². The maximum Gasteiger partial charge on any atom is 0.243 e. The molecule has 3 rings (SSSR count). The van der Waals surface area contributed by atoms with Crippen molar-refractivity contribution < 1.29 is 22.4 Å². The Morgan fingerprint density at radius 1 is 1.03 bits per heavy atom. The van der Waals surface area contributed by atoms with Crippen molar-refractivity contribution in [3.8, 4) is 0 Å². The molecule has 0 aromatic heterocycles. The van der Waals surface area contributed by atoms with Gasteiger partial charge in [0.15, 0.2) is 0 Å². The summed E-state index contributed by atoms with van der Waals surface area (Å²) in [7, 11) is -4.16. The fraction of sp³-hybridized carbons (Fsp3) is 0.167. The molecule has 7 nitrogen and oxygen atoms in total. The number of amides is 2. The molecule has 0 aliphatic heterocycles. The zero-order valence-corrected chi connectivity index (χ0v) is 19.9. The van der Waals surface area contributed by atoms with Gasteiger partial charge in [-0.3, -0.25) is 9.59 Å². The van der Waals surface area contributed by atoms with E-state index in [4.69, 9.17) is 17.3 Å². The molecule has 0 atom stereocenters. The molecule has 0 aliphatic carbocycles. The van der Waals surface area contributed by atoms with E-state index in [1.807, 2.05) is 6.92 Å². The molecule has 34 heavy (non-hydrogen) atoms. The molecule has 2 amide bonds. The van der Waals surface area contributed by atoms with Gasteiger partial charge in [0, 0.05) is 22.8 Å². The molecule has 3 aromatic carbocycles. The molecule has 0 radical (unpaired) electrons. The standard InChI is InChI=1S/C24H23ClFN3O4S/c1-16-5-11-19(12-6-16)34(32,33)29(14-20-21(25)3-2-4-22(20)26)15-24(31)28-18-9-7-17(8-10-18)13-23(27)30/h2-12H,13-15H2,1H3,(H2,27,30)(H,28,31). The van der Waals surface area contributed by atoms with E-state index in [0.717, 1.165) is 9.87 Å². The average Bonchev–Trinajstić information content (AvgIpc) is 2.77. The number of nitrogens with two attached hydrogens (primary N) is 1. The fourth-order valence-electron chi connectivity index (χ4n) is 3.21. The van der Waals surface area contributed by atoms with Gasteiger partial charge >= 0.3 is 0 Å². The van der Waals surface area contributed by atoms with E-state index in [-0.39, 0.29) is 21.9 Å². The van der Waals surface area contributed by atoms with Crippen molar-refractivity contribution in [1.29, 1.82) is 0 Å². The van der Waals surface area contributed by atoms with Crippen LogP contribution in [0.4, 0.5) is 10.1 Å². The Bertz CT molecular complexity index is 1280. The number of anilines is 1. The molecule has 3 aromatic rings. The molecule has 0 spiro atoms. The van der Waals surface area contributed by atoms with Gasteiger partial charge in [-0.2, -0.15) is 4.31 Å². The van der Waals surface area contributed by atoms with Gasteiger partial charge in [0.2, 0.25) is 21.8 Å². The van der Waals surface area contributed by atoms with E-state index in [1.54, 1.807) is 36.4 Å². The maximum atomic E-state index is 14.4. The van der Waals surface area contributed by atoms with Crippen molar-refractivity contribution in [3.05, 3.63) is 94.3 Å². The van der Waals surface area contributed by atoms with Crippen LogP contribution < -0.4 is 11.1 Å². The number of nitrogens with one attached hydrogen (secondary N) is 1. The predicted octanol–water partition coefficient (Wildman–Crippen LogP) is 3.64. The Labute approximate surface area is 202 Å². The van der Waals surface area contributed by atoms with Crippen molar-refractivity contribution in [2.75, 3.05) is 11.9 Å². The molecule has 0 saturated heterocycles. The third-order valence-corrected chi connectivity index (χ3v) is 7.15. The zero-order valence-electron chi connectivity index (χ0n) is 18.3. The van der Waals surface area contributed by atoms with Crippen LogP contribution >= 0.6 is 11.6 Å². The number of carbonyl (C=O) groups excluding carboxylic acids is 2. The largest absolute Gasteiger partial charge is 0.369 e. The molecule has 0 bridgehead atoms. The van der Waals surface area contributed by atoms with Crippen molar-refractivity contribution in [2.24, 2.45) is 5.73 Å². The summed E-state index contributed by atoms with van der Waals surface area (Å²) in [5, 5.41) is 2.66. The highest BCUT2D eigenvalue weighted by atomic mass is 35.5. The Morgan fingerprint density at radius 3 is 2.26 bits per heavy atom. The lowest BCUT2D eigenvalue weighted by molar-refractivity contribution is -0.117. The van der Waals surface area contributed by atoms with Gasteiger partial charge in [-0.15, -0.1) is 0 Å². The molecule has 10 heteroatoms. The quantitative estimate of drug-likeness (QED) is 0.464. The van der Waals surface area contributed by atoms with Crippen LogP contribution in [0.2, 0.25) is 5.02 Å². The summed E-state index contributed by atoms with van der Waals surface area (Å²) >= 11 is 6.11. The molecule has 0 unspecified atom stereocenters. The van der Waals surface area contributed by atoms with E-state index in [1.165, 1.54) is 30.3 Å². The summed E-state index contributed by atoms with van der Waals surface area (Å²) in [6, 6.07) is 16.5. The van der Waals surface area contributed by atoms with Crippen LogP contribution in [-0.4, -0.2) is 31.1 Å². The predicted molar refractivity (Wildman–Crippen MR) is 128 cm³/mol. The molecular weight excluding hydrogens is 481 g/mol. The SMILES string of the molecule is Cc1ccc(S(=O)(=O)N(CC(=O)Nc2ccc(CC(N)=O)cc2)Cc2c(F)cccc2Cl)cc1. The first-order valence-electron chi connectivity index (χ1n) is 10.2. The number of benzene rings is 3. The lowest BCUT2D eigenvalue weighted by Gasteiger charge is -2.23. The number of aryl methyl sites for hydroxylation is 1. The second-order valence-electron chi connectivity index (χ2n) is 7.67. The third-order valence-electron chi connectivity index (χ3n) is 4.99. The summed E-state index contributed by atoms with van der Waals surface area (Å²) in [5.74, 6) is -1.80. The average molecular weight is 504 g/mol. The number of carbonyl (C=O) groups is 2. The van der Waals surface area contributed by atoms with Crippen molar-refractivity contribution in [3.63, 3.8) is 0 Å². The van der Waals surface area contributed by atoms with Gasteiger partial charge in [-0.1, -0.05) is 47.5 Å². The van der Waals surface area contributed by atoms with Crippen LogP contribution in [0.5, 0.6) is 0 Å². The van der Waals surface area contributed by atoms with Gasteiger partial charge < -0.3 is 11.1 Å². The molecule has 3 N–H and O–H groups in total. The maximum absolute atomic E-state index is 14.4. The minimum atomic E-state index is -4.16. The summed E-state index contributed by atoms with van der Waals surface area (Å²) in [6.07, 6.45) is 0.0558. The lowest BCUT2D eigenvalue weighted by Crippen LogP contribution is -2.38. The topological polar surface area (TPSA) is 110 Å². The minimum absolute atomic E-state index is 0.0332. The summed E-state index contributed by atoms with van der Waals surface area (Å²) < 4.78 is 42.0. The Balaban J connectivity index is 1.86. The molecule has 0 heterocycles. The number of hydrogen-bond acceptors (Lipinski definition) is 4. The summed E-state index contributed by atoms with van der Waals surface area (Å²) in [5.41, 5.74) is 7.06. The van der Waals surface area contributed by atoms with Crippen LogP contribution in [0.15, 0.2) is 71.6 Å². The van der Waals surface area contributed by atoms with E-state index in [2.05, 4.69) is 5.32 Å². The van der Waals surface area contributed by atoms with Crippen LogP contribution in [0.25, 0.3) is 0 Å². The van der Waals surface area contributed by atoms with Crippen molar-refractivity contribution >= 4 is 39.1 Å². The number of halogens is 2. The third kappa shape index (κ3) is 6.40. The highest BCUT2D eigenvalue weighted by Gasteiger charge is 2.28. The van der Waals surface area contributed by atoms with Gasteiger partial charge in [-0.05, 0) is 48.9 Å². The Morgan fingerprint density at radius 2 is 1.68 bits per heavy atom. The van der Waals surface area contributed by atoms with E-state index >= 15 is 0 Å². The van der Waals surface area contributed by atoms with E-state index in [9.17, 15) is 22.4 Å². The highest BCUT2D eigenvalue weighted by molar-refractivity contribution is 7.89. The second kappa shape index (κ2) is 10.8. The minimum Gasteiger partial charge on any atom is -0.369 e. The highest BCUT2D eigenvalue weighted by Crippen LogP contribution is 2.25. The number of hydrogen-bond donors (Lipinski definition) is 2. The number of rotatable bonds is 9. The second-order valence-corrected chi connectivity index (χ2v) is 10.0. The molecule has 178 valence electrons. The number of nitrogens with zero attached hydrogens (tertiary/aromatic N) is 1. The molecule has 0 fully saturated rings. The Hall–Kier alpha value is -3.27. The van der Waals surface area contributed by atoms with Gasteiger partial charge in [0.05, 0.1) is 17.9 Å². The van der Waals surface area contributed by atoms with E-state index in [0.29, 0.717) is 11.3 Å². The zero-order chi connectivity index (χ0) is 24.9. The first kappa shape index (κ1) is 25.4. The first-order valence-corrected chi connectivity index (χ1v) is 12.0. The van der Waals surface area contributed by atoms with Crippen LogP contribution in [-0.2, 0) is 32.6 Å². The molecule has 0 aliphatic rings. The van der Waals surface area contributed by atoms with Crippen LogP contribution in [0.1, 0.15) is 16.7 Å². The number of sulfonamides is 1. The lowest BCUT2D eigenvalue weighted by atomic mass is 10.1. The van der Waals surface area contributed by atoms with Gasteiger partial charge in [0.1, 0.15) is 5.82 Å².